The van der Waals surface area contributed by atoms with Crippen molar-refractivity contribution < 1.29 is 9.53 Å². The molecule has 178 valence electrons. The van der Waals surface area contributed by atoms with E-state index < -0.39 is 5.41 Å². The number of rotatable bonds is 7. The zero-order valence-electron chi connectivity index (χ0n) is 19.9. The van der Waals surface area contributed by atoms with Gasteiger partial charge in [0, 0.05) is 55.0 Å². The number of ether oxygens (including phenoxy) is 1. The van der Waals surface area contributed by atoms with E-state index >= 15 is 0 Å². The summed E-state index contributed by atoms with van der Waals surface area (Å²) in [5.74, 6) is 1.44. The highest BCUT2D eigenvalue weighted by Gasteiger charge is 2.53. The van der Waals surface area contributed by atoms with Crippen LogP contribution in [-0.2, 0) is 23.3 Å². The van der Waals surface area contributed by atoms with Crippen LogP contribution in [0.15, 0.2) is 42.7 Å². The maximum absolute atomic E-state index is 14.2. The molecule has 9 heteroatoms. The van der Waals surface area contributed by atoms with Gasteiger partial charge >= 0.3 is 0 Å². The van der Waals surface area contributed by atoms with E-state index in [1.54, 1.807) is 13.3 Å². The summed E-state index contributed by atoms with van der Waals surface area (Å²) in [6.07, 6.45) is 5.32. The van der Waals surface area contributed by atoms with Crippen LogP contribution < -0.4 is 15.0 Å². The second kappa shape index (κ2) is 9.06. The van der Waals surface area contributed by atoms with Crippen molar-refractivity contribution in [1.29, 1.82) is 0 Å². The molecule has 0 saturated carbocycles. The van der Waals surface area contributed by atoms with Crippen molar-refractivity contribution in [3.63, 3.8) is 0 Å². The maximum Gasteiger partial charge on any atom is 0.240 e. The molecule has 2 aromatic heterocycles. The summed E-state index contributed by atoms with van der Waals surface area (Å²) in [5, 5.41) is 10.5. The van der Waals surface area contributed by atoms with Crippen LogP contribution in [0, 0.1) is 0 Å². The quantitative estimate of drug-likeness (QED) is 0.558. The van der Waals surface area contributed by atoms with Crippen LogP contribution in [-0.4, -0.2) is 57.2 Å². The number of nitrogens with one attached hydrogen (secondary N) is 2. The Balaban J connectivity index is 1.52. The second-order valence-corrected chi connectivity index (χ2v) is 9.24. The standard InChI is InChI=1S/C25H31N7O2/c1-4-17(2)28-24-26-13-18-14-32(20-5-7-21(34-3)8-6-20)23(33)25(22(18)29-24)10-12-31(16-25)15-19-9-11-27-30-19/h5-9,11,13,17H,4,10,12,14-16H2,1-3H3,(H,27,30)(H,26,28,29). The Hall–Kier alpha value is -3.46. The Morgan fingerprint density at radius 3 is 2.79 bits per heavy atom. The third-order valence-electron chi connectivity index (χ3n) is 6.97. The molecule has 2 aliphatic heterocycles. The lowest BCUT2D eigenvalue weighted by molar-refractivity contribution is -0.124. The van der Waals surface area contributed by atoms with E-state index in [9.17, 15) is 4.79 Å². The number of H-pyrrole nitrogens is 1. The number of benzene rings is 1. The lowest BCUT2D eigenvalue weighted by atomic mass is 9.77. The van der Waals surface area contributed by atoms with E-state index in [2.05, 4.69) is 39.2 Å². The first-order valence-corrected chi connectivity index (χ1v) is 11.8. The molecule has 1 amide bonds. The minimum Gasteiger partial charge on any atom is -0.497 e. The van der Waals surface area contributed by atoms with Crippen molar-refractivity contribution in [2.75, 3.05) is 30.4 Å². The van der Waals surface area contributed by atoms with Crippen LogP contribution >= 0.6 is 0 Å². The highest BCUT2D eigenvalue weighted by atomic mass is 16.5. The maximum atomic E-state index is 14.2. The van der Waals surface area contributed by atoms with E-state index in [1.807, 2.05) is 41.4 Å². The van der Waals surface area contributed by atoms with Gasteiger partial charge in [-0.15, -0.1) is 0 Å². The molecule has 3 aromatic rings. The third-order valence-corrected chi connectivity index (χ3v) is 6.97. The average molecular weight is 462 g/mol. The largest absolute Gasteiger partial charge is 0.497 e. The predicted molar refractivity (Wildman–Crippen MR) is 130 cm³/mol. The van der Waals surface area contributed by atoms with Crippen molar-refractivity contribution in [2.45, 2.75) is 51.2 Å². The minimum absolute atomic E-state index is 0.0884. The van der Waals surface area contributed by atoms with Crippen molar-refractivity contribution in [3.8, 4) is 5.75 Å². The monoisotopic (exact) mass is 461 g/mol. The van der Waals surface area contributed by atoms with Crippen LogP contribution in [0.1, 0.15) is 43.6 Å². The lowest BCUT2D eigenvalue weighted by Crippen LogP contribution is -2.53. The topological polar surface area (TPSA) is 99.3 Å². The fraction of sp³-hybridized carbons (Fsp3) is 0.440. The second-order valence-electron chi connectivity index (χ2n) is 9.24. The number of hydrogen-bond acceptors (Lipinski definition) is 7. The SMILES string of the molecule is CCC(C)Nc1ncc2c(n1)C1(CCN(Cc3ccn[nH]3)C1)C(=O)N(c1ccc(OC)cc1)C2. The Morgan fingerprint density at radius 1 is 1.26 bits per heavy atom. The molecule has 34 heavy (non-hydrogen) atoms. The van der Waals surface area contributed by atoms with Crippen molar-refractivity contribution in [3.05, 3.63) is 59.7 Å². The Bertz CT molecular complexity index is 1150. The van der Waals surface area contributed by atoms with Gasteiger partial charge in [-0.2, -0.15) is 5.10 Å². The summed E-state index contributed by atoms with van der Waals surface area (Å²) < 4.78 is 5.31. The summed E-state index contributed by atoms with van der Waals surface area (Å²) in [4.78, 5) is 27.9. The first-order chi connectivity index (χ1) is 16.5. The average Bonchev–Trinajstić information content (AvgIpc) is 3.53. The lowest BCUT2D eigenvalue weighted by Gasteiger charge is -2.40. The van der Waals surface area contributed by atoms with E-state index in [0.29, 0.717) is 25.5 Å². The number of carbonyl (C=O) groups is 1. The summed E-state index contributed by atoms with van der Waals surface area (Å²) in [6.45, 7) is 6.81. The summed E-state index contributed by atoms with van der Waals surface area (Å²) in [5.41, 5.74) is 3.02. The highest BCUT2D eigenvalue weighted by Crippen LogP contribution is 2.43. The number of nitrogens with zero attached hydrogens (tertiary/aromatic N) is 5. The third kappa shape index (κ3) is 4.00. The number of carbonyl (C=O) groups excluding carboxylic acids is 1. The number of aromatic nitrogens is 4. The van der Waals surface area contributed by atoms with Crippen molar-refractivity contribution >= 4 is 17.5 Å². The van der Waals surface area contributed by atoms with Gasteiger partial charge in [-0.05, 0) is 50.1 Å². The molecule has 2 aliphatic rings. The van der Waals surface area contributed by atoms with Gasteiger partial charge in [-0.1, -0.05) is 6.92 Å². The zero-order valence-corrected chi connectivity index (χ0v) is 19.9. The van der Waals surface area contributed by atoms with Crippen LogP contribution in [0.4, 0.5) is 11.6 Å². The van der Waals surface area contributed by atoms with Crippen LogP contribution in [0.3, 0.4) is 0 Å². The number of fused-ring (bicyclic) bond motifs is 2. The molecule has 9 nitrogen and oxygen atoms in total. The molecule has 1 aromatic carbocycles. The van der Waals surface area contributed by atoms with E-state index in [-0.39, 0.29) is 11.9 Å². The fourth-order valence-corrected chi connectivity index (χ4v) is 4.91. The number of anilines is 2. The number of amides is 1. The van der Waals surface area contributed by atoms with Gasteiger partial charge in [0.05, 0.1) is 19.3 Å². The molecule has 1 saturated heterocycles. The van der Waals surface area contributed by atoms with Crippen molar-refractivity contribution in [2.24, 2.45) is 0 Å². The van der Waals surface area contributed by atoms with E-state index in [0.717, 1.165) is 47.9 Å². The van der Waals surface area contributed by atoms with Crippen molar-refractivity contribution in [1.82, 2.24) is 25.1 Å². The molecule has 0 aliphatic carbocycles. The first kappa shape index (κ1) is 22.3. The Kier molecular flexibility index (Phi) is 5.95. The molecule has 2 N–H and O–H groups in total. The van der Waals surface area contributed by atoms with Gasteiger partial charge in [0.15, 0.2) is 0 Å². The van der Waals surface area contributed by atoms with Gasteiger partial charge in [-0.3, -0.25) is 14.8 Å². The smallest absolute Gasteiger partial charge is 0.240 e. The summed E-state index contributed by atoms with van der Waals surface area (Å²) in [6, 6.07) is 9.88. The van der Waals surface area contributed by atoms with Crippen LogP contribution in [0.5, 0.6) is 5.75 Å². The Morgan fingerprint density at radius 2 is 2.09 bits per heavy atom. The highest BCUT2D eigenvalue weighted by molar-refractivity contribution is 6.03. The van der Waals surface area contributed by atoms with Gasteiger partial charge in [0.25, 0.3) is 0 Å². The van der Waals surface area contributed by atoms with Crippen LogP contribution in [0.2, 0.25) is 0 Å². The molecule has 1 spiro atoms. The predicted octanol–water partition coefficient (Wildman–Crippen LogP) is 3.11. The van der Waals surface area contributed by atoms with E-state index in [1.165, 1.54) is 0 Å². The van der Waals surface area contributed by atoms with Crippen LogP contribution in [0.25, 0.3) is 0 Å². The van der Waals surface area contributed by atoms with E-state index in [4.69, 9.17) is 9.72 Å². The Labute approximate surface area is 199 Å². The molecule has 1 fully saturated rings. The normalized spacial score (nSPS) is 21.0. The fourth-order valence-electron chi connectivity index (χ4n) is 4.91. The first-order valence-electron chi connectivity index (χ1n) is 11.8. The van der Waals surface area contributed by atoms with Gasteiger partial charge in [-0.25, -0.2) is 9.97 Å². The van der Waals surface area contributed by atoms with Gasteiger partial charge < -0.3 is 15.0 Å². The molecular weight excluding hydrogens is 430 g/mol. The number of likely N-dealkylation sites (tertiary alicyclic amines) is 1. The molecule has 2 unspecified atom stereocenters. The molecular formula is C25H31N7O2. The van der Waals surface area contributed by atoms with Gasteiger partial charge in [0.2, 0.25) is 11.9 Å². The molecule has 2 atom stereocenters. The minimum atomic E-state index is -0.720. The number of hydrogen-bond donors (Lipinski definition) is 2. The van der Waals surface area contributed by atoms with Gasteiger partial charge in [0.1, 0.15) is 11.2 Å². The number of methoxy groups -OCH3 is 1. The summed E-state index contributed by atoms with van der Waals surface area (Å²) >= 11 is 0. The molecule has 4 heterocycles. The molecule has 0 bridgehead atoms. The molecule has 5 rings (SSSR count). The molecule has 0 radical (unpaired) electrons. The summed E-state index contributed by atoms with van der Waals surface area (Å²) in [7, 11) is 1.64. The zero-order chi connectivity index (χ0) is 23.7. The number of aromatic amines is 1.